The Bertz CT molecular complexity index is 259. The molecule has 5 nitrogen and oxygen atoms in total. The second kappa shape index (κ2) is 5.72. The van der Waals surface area contributed by atoms with E-state index in [1.807, 2.05) is 0 Å². The van der Waals surface area contributed by atoms with Gasteiger partial charge in [0.1, 0.15) is 12.2 Å². The molecule has 0 atom stereocenters. The van der Waals surface area contributed by atoms with Crippen molar-refractivity contribution < 1.29 is 4.74 Å². The number of hydrogen-bond acceptors (Lipinski definition) is 4. The topological polar surface area (TPSA) is 52.0 Å². The Morgan fingerprint density at radius 2 is 2.36 bits per heavy atom. The van der Waals surface area contributed by atoms with Gasteiger partial charge in [0.25, 0.3) is 0 Å². The van der Waals surface area contributed by atoms with Crippen LogP contribution in [0, 0.1) is 0 Å². The Morgan fingerprint density at radius 1 is 1.57 bits per heavy atom. The van der Waals surface area contributed by atoms with E-state index >= 15 is 0 Å². The molecule has 1 N–H and O–H groups in total. The third-order valence-electron chi connectivity index (χ3n) is 1.97. The van der Waals surface area contributed by atoms with Gasteiger partial charge < -0.3 is 14.6 Å². The highest BCUT2D eigenvalue weighted by Crippen LogP contribution is 2.05. The van der Waals surface area contributed by atoms with Gasteiger partial charge in [-0.3, -0.25) is 0 Å². The fourth-order valence-electron chi connectivity index (χ4n) is 1.20. The number of methoxy groups -OCH3 is 1. The molecule has 1 rings (SSSR count). The maximum Gasteiger partial charge on any atom is 0.147 e. The maximum absolute atomic E-state index is 4.93. The van der Waals surface area contributed by atoms with Crippen molar-refractivity contribution in [3.8, 4) is 0 Å². The average Bonchev–Trinajstić information content (AvgIpc) is 2.60. The molecule has 0 aromatic carbocycles. The van der Waals surface area contributed by atoms with Crippen LogP contribution in [0.3, 0.4) is 0 Å². The summed E-state index contributed by atoms with van der Waals surface area (Å²) in [6, 6.07) is 0.407. The van der Waals surface area contributed by atoms with E-state index in [2.05, 4.69) is 33.9 Å². The van der Waals surface area contributed by atoms with E-state index in [9.17, 15) is 0 Å². The van der Waals surface area contributed by atoms with Gasteiger partial charge in [0.2, 0.25) is 0 Å². The number of hydrogen-bond donors (Lipinski definition) is 1. The molecular formula is C9H18N4O. The van der Waals surface area contributed by atoms with Crippen LogP contribution < -0.4 is 5.32 Å². The number of aromatic nitrogens is 3. The molecular weight excluding hydrogens is 180 g/mol. The lowest BCUT2D eigenvalue weighted by Crippen LogP contribution is -2.21. The van der Waals surface area contributed by atoms with Gasteiger partial charge in [-0.2, -0.15) is 0 Å². The molecule has 0 aliphatic carbocycles. The fraction of sp³-hybridized carbons (Fsp3) is 0.778. The summed E-state index contributed by atoms with van der Waals surface area (Å²) in [5, 5.41) is 11.2. The molecule has 80 valence electrons. The smallest absolute Gasteiger partial charge is 0.147 e. The number of rotatable bonds is 6. The summed E-state index contributed by atoms with van der Waals surface area (Å²) < 4.78 is 6.99. The number of ether oxygens (including phenoxy) is 1. The zero-order chi connectivity index (χ0) is 10.4. The van der Waals surface area contributed by atoms with Crippen LogP contribution in [0.2, 0.25) is 0 Å². The summed E-state index contributed by atoms with van der Waals surface area (Å²) in [5.74, 6) is 0.969. The Hall–Kier alpha value is -0.940. The third kappa shape index (κ3) is 3.08. The van der Waals surface area contributed by atoms with Crippen LogP contribution in [0.1, 0.15) is 25.7 Å². The van der Waals surface area contributed by atoms with Crippen molar-refractivity contribution in [3.05, 3.63) is 12.2 Å². The van der Waals surface area contributed by atoms with Crippen molar-refractivity contribution >= 4 is 0 Å². The summed E-state index contributed by atoms with van der Waals surface area (Å²) in [6.45, 7) is 6.52. The number of nitrogens with zero attached hydrogens (tertiary/aromatic N) is 3. The van der Waals surface area contributed by atoms with Crippen molar-refractivity contribution in [3.63, 3.8) is 0 Å². The molecule has 0 spiro atoms. The minimum atomic E-state index is 0.407. The van der Waals surface area contributed by atoms with E-state index in [1.54, 1.807) is 13.4 Å². The van der Waals surface area contributed by atoms with Crippen LogP contribution in [0.5, 0.6) is 0 Å². The molecule has 1 heterocycles. The average molecular weight is 198 g/mol. The second-order valence-corrected chi connectivity index (χ2v) is 3.42. The Morgan fingerprint density at radius 3 is 3.00 bits per heavy atom. The van der Waals surface area contributed by atoms with Crippen LogP contribution in [0.4, 0.5) is 0 Å². The van der Waals surface area contributed by atoms with Gasteiger partial charge in [0.15, 0.2) is 0 Å². The fourth-order valence-corrected chi connectivity index (χ4v) is 1.20. The highest BCUT2D eigenvalue weighted by Gasteiger charge is 2.05. The lowest BCUT2D eigenvalue weighted by atomic mass is 10.4. The van der Waals surface area contributed by atoms with Gasteiger partial charge in [0, 0.05) is 19.7 Å². The lowest BCUT2D eigenvalue weighted by molar-refractivity contribution is 0.198. The molecule has 0 radical (unpaired) electrons. The monoisotopic (exact) mass is 198 g/mol. The third-order valence-corrected chi connectivity index (χ3v) is 1.97. The van der Waals surface area contributed by atoms with E-state index in [1.165, 1.54) is 0 Å². The molecule has 0 saturated heterocycles. The quantitative estimate of drug-likeness (QED) is 0.680. The van der Waals surface area contributed by atoms with Crippen molar-refractivity contribution in [1.82, 2.24) is 20.1 Å². The van der Waals surface area contributed by atoms with Crippen LogP contribution in [0.25, 0.3) is 0 Å². The second-order valence-electron chi connectivity index (χ2n) is 3.42. The van der Waals surface area contributed by atoms with Gasteiger partial charge in [-0.1, -0.05) is 0 Å². The maximum atomic E-state index is 4.93. The molecule has 0 aliphatic heterocycles. The Kier molecular flexibility index (Phi) is 4.55. The molecule has 5 heteroatoms. The molecule has 0 aliphatic rings. The van der Waals surface area contributed by atoms with Gasteiger partial charge in [-0.05, 0) is 13.8 Å². The summed E-state index contributed by atoms with van der Waals surface area (Å²) in [7, 11) is 1.69. The summed E-state index contributed by atoms with van der Waals surface area (Å²) in [5.41, 5.74) is 0. The first-order valence-corrected chi connectivity index (χ1v) is 4.83. The van der Waals surface area contributed by atoms with E-state index in [0.717, 1.165) is 25.5 Å². The minimum Gasteiger partial charge on any atom is -0.383 e. The zero-order valence-corrected chi connectivity index (χ0v) is 9.03. The van der Waals surface area contributed by atoms with E-state index in [4.69, 9.17) is 4.74 Å². The molecule has 0 amide bonds. The summed E-state index contributed by atoms with van der Waals surface area (Å²) >= 11 is 0. The largest absolute Gasteiger partial charge is 0.383 e. The van der Waals surface area contributed by atoms with Crippen LogP contribution in [-0.2, 0) is 11.3 Å². The van der Waals surface area contributed by atoms with Crippen LogP contribution in [-0.4, -0.2) is 35.0 Å². The molecule has 0 unspecified atom stereocenters. The van der Waals surface area contributed by atoms with Gasteiger partial charge >= 0.3 is 0 Å². The molecule has 0 fully saturated rings. The van der Waals surface area contributed by atoms with Gasteiger partial charge in [-0.15, -0.1) is 10.2 Å². The standard InChI is InChI=1S/C9H18N4O/c1-8(2)13-7-11-12-9(13)6-10-4-5-14-3/h7-8,10H,4-6H2,1-3H3. The summed E-state index contributed by atoms with van der Waals surface area (Å²) in [4.78, 5) is 0. The van der Waals surface area contributed by atoms with E-state index < -0.39 is 0 Å². The Balaban J connectivity index is 2.38. The van der Waals surface area contributed by atoms with E-state index in [0.29, 0.717) is 6.04 Å². The van der Waals surface area contributed by atoms with Crippen molar-refractivity contribution in [1.29, 1.82) is 0 Å². The van der Waals surface area contributed by atoms with Crippen LogP contribution in [0.15, 0.2) is 6.33 Å². The predicted octanol–water partition coefficient (Wildman–Crippen LogP) is 0.595. The van der Waals surface area contributed by atoms with Gasteiger partial charge in [-0.25, -0.2) is 0 Å². The van der Waals surface area contributed by atoms with Crippen molar-refractivity contribution in [2.75, 3.05) is 20.3 Å². The molecule has 0 bridgehead atoms. The first-order chi connectivity index (χ1) is 6.75. The first kappa shape index (κ1) is 11.1. The summed E-state index contributed by atoms with van der Waals surface area (Å²) in [6.07, 6.45) is 1.76. The first-order valence-electron chi connectivity index (χ1n) is 4.83. The molecule has 0 saturated carbocycles. The SMILES string of the molecule is COCCNCc1nncn1C(C)C. The Labute approximate surface area is 84.5 Å². The zero-order valence-electron chi connectivity index (χ0n) is 9.03. The highest BCUT2D eigenvalue weighted by atomic mass is 16.5. The minimum absolute atomic E-state index is 0.407. The lowest BCUT2D eigenvalue weighted by Gasteiger charge is -2.10. The van der Waals surface area contributed by atoms with Crippen LogP contribution >= 0.6 is 0 Å². The van der Waals surface area contributed by atoms with E-state index in [-0.39, 0.29) is 0 Å². The highest BCUT2D eigenvalue weighted by molar-refractivity contribution is 4.87. The molecule has 1 aromatic heterocycles. The molecule has 14 heavy (non-hydrogen) atoms. The number of nitrogens with one attached hydrogen (secondary N) is 1. The molecule has 1 aromatic rings. The van der Waals surface area contributed by atoms with Gasteiger partial charge in [0.05, 0.1) is 13.2 Å². The van der Waals surface area contributed by atoms with Crippen molar-refractivity contribution in [2.45, 2.75) is 26.4 Å². The van der Waals surface area contributed by atoms with Crippen molar-refractivity contribution in [2.24, 2.45) is 0 Å². The normalized spacial score (nSPS) is 11.1. The predicted molar refractivity (Wildman–Crippen MR) is 54.0 cm³/mol.